The van der Waals surface area contributed by atoms with E-state index in [9.17, 15) is 0 Å². The van der Waals surface area contributed by atoms with Crippen LogP contribution in [0.15, 0.2) is 29.9 Å². The number of aryl methyl sites for hydroxylation is 1. The van der Waals surface area contributed by atoms with E-state index in [1.165, 1.54) is 4.88 Å². The van der Waals surface area contributed by atoms with Gasteiger partial charge in [-0.2, -0.15) is 0 Å². The fourth-order valence-corrected chi connectivity index (χ4v) is 2.66. The van der Waals surface area contributed by atoms with E-state index >= 15 is 0 Å². The molecule has 0 saturated carbocycles. The Morgan fingerprint density at radius 2 is 1.94 bits per heavy atom. The summed E-state index contributed by atoms with van der Waals surface area (Å²) in [5, 5.41) is 5.65. The number of nitrogens with zero attached hydrogens (tertiary/aromatic N) is 2. The van der Waals surface area contributed by atoms with Crippen molar-refractivity contribution in [2.24, 2.45) is 0 Å². The molecule has 0 radical (unpaired) electrons. The highest BCUT2D eigenvalue weighted by Crippen LogP contribution is 2.22. The van der Waals surface area contributed by atoms with Gasteiger partial charge in [0.05, 0.1) is 11.4 Å². The van der Waals surface area contributed by atoms with Gasteiger partial charge in [0.1, 0.15) is 0 Å². The molecule has 0 bridgehead atoms. The lowest BCUT2D eigenvalue weighted by atomic mass is 10.1. The van der Waals surface area contributed by atoms with Crippen LogP contribution in [0, 0.1) is 6.92 Å². The van der Waals surface area contributed by atoms with Crippen molar-refractivity contribution in [3.8, 4) is 0 Å². The summed E-state index contributed by atoms with van der Waals surface area (Å²) in [6.45, 7) is 6.30. The first-order chi connectivity index (χ1) is 8.18. The average Bonchev–Trinajstić information content (AvgIpc) is 2.82. The smallest absolute Gasteiger partial charge is 0.0782 e. The SMILES string of the molecule is Cc1nccnc1C(C)N[C@H](C)c1cccs1. The van der Waals surface area contributed by atoms with Crippen molar-refractivity contribution in [1.29, 1.82) is 0 Å². The average molecular weight is 247 g/mol. The highest BCUT2D eigenvalue weighted by Gasteiger charge is 2.14. The van der Waals surface area contributed by atoms with Gasteiger partial charge in [-0.15, -0.1) is 11.3 Å². The molecule has 2 atom stereocenters. The fraction of sp³-hybridized carbons (Fsp3) is 0.385. The molecular formula is C13H17N3S. The second kappa shape index (κ2) is 5.38. The van der Waals surface area contributed by atoms with Crippen LogP contribution in [0.2, 0.25) is 0 Å². The van der Waals surface area contributed by atoms with Gasteiger partial charge in [0.15, 0.2) is 0 Å². The molecule has 1 unspecified atom stereocenters. The lowest BCUT2D eigenvalue weighted by Gasteiger charge is -2.19. The zero-order valence-corrected chi connectivity index (χ0v) is 11.2. The molecule has 4 heteroatoms. The molecule has 2 rings (SSSR count). The monoisotopic (exact) mass is 247 g/mol. The Kier molecular flexibility index (Phi) is 3.86. The van der Waals surface area contributed by atoms with Crippen molar-refractivity contribution in [2.75, 3.05) is 0 Å². The number of rotatable bonds is 4. The molecule has 3 nitrogen and oxygen atoms in total. The van der Waals surface area contributed by atoms with Crippen LogP contribution in [0.4, 0.5) is 0 Å². The molecule has 1 N–H and O–H groups in total. The molecule has 0 aliphatic rings. The van der Waals surface area contributed by atoms with Gasteiger partial charge in [0.2, 0.25) is 0 Å². The zero-order chi connectivity index (χ0) is 12.3. The summed E-state index contributed by atoms with van der Waals surface area (Å²) < 4.78 is 0. The molecular weight excluding hydrogens is 230 g/mol. The van der Waals surface area contributed by atoms with Crippen LogP contribution in [0.5, 0.6) is 0 Å². The first-order valence-corrected chi connectivity index (χ1v) is 6.63. The molecule has 0 aliphatic carbocycles. The molecule has 2 aromatic rings. The van der Waals surface area contributed by atoms with Crippen molar-refractivity contribution in [1.82, 2.24) is 15.3 Å². The largest absolute Gasteiger partial charge is 0.301 e. The van der Waals surface area contributed by atoms with E-state index in [4.69, 9.17) is 0 Å². The minimum atomic E-state index is 0.209. The summed E-state index contributed by atoms with van der Waals surface area (Å²) in [7, 11) is 0. The molecule has 17 heavy (non-hydrogen) atoms. The predicted molar refractivity (Wildman–Crippen MR) is 71.1 cm³/mol. The van der Waals surface area contributed by atoms with Crippen LogP contribution in [0.3, 0.4) is 0 Å². The van der Waals surface area contributed by atoms with Gasteiger partial charge in [-0.05, 0) is 32.2 Å². The predicted octanol–water partition coefficient (Wildman–Crippen LogP) is 3.26. The topological polar surface area (TPSA) is 37.8 Å². The number of hydrogen-bond donors (Lipinski definition) is 1. The summed E-state index contributed by atoms with van der Waals surface area (Å²) in [5.74, 6) is 0. The summed E-state index contributed by atoms with van der Waals surface area (Å²) in [6.07, 6.45) is 3.48. The summed E-state index contributed by atoms with van der Waals surface area (Å²) in [4.78, 5) is 10.0. The van der Waals surface area contributed by atoms with Crippen molar-refractivity contribution >= 4 is 11.3 Å². The van der Waals surface area contributed by atoms with Gasteiger partial charge >= 0.3 is 0 Å². The van der Waals surface area contributed by atoms with Gasteiger partial charge in [0, 0.05) is 29.4 Å². The molecule has 0 spiro atoms. The molecule has 2 heterocycles. The van der Waals surface area contributed by atoms with Crippen molar-refractivity contribution in [2.45, 2.75) is 32.9 Å². The second-order valence-electron chi connectivity index (χ2n) is 4.15. The Hall–Kier alpha value is -1.26. The van der Waals surface area contributed by atoms with E-state index in [1.807, 2.05) is 6.92 Å². The van der Waals surface area contributed by atoms with E-state index in [1.54, 1.807) is 23.7 Å². The summed E-state index contributed by atoms with van der Waals surface area (Å²) >= 11 is 1.77. The second-order valence-corrected chi connectivity index (χ2v) is 5.13. The van der Waals surface area contributed by atoms with E-state index in [2.05, 4.69) is 46.6 Å². The highest BCUT2D eigenvalue weighted by molar-refractivity contribution is 7.10. The Balaban J connectivity index is 2.07. The van der Waals surface area contributed by atoms with E-state index in [0.29, 0.717) is 6.04 Å². The molecule has 0 saturated heterocycles. The van der Waals surface area contributed by atoms with Crippen LogP contribution < -0.4 is 5.32 Å². The van der Waals surface area contributed by atoms with Gasteiger partial charge < -0.3 is 5.32 Å². The zero-order valence-electron chi connectivity index (χ0n) is 10.3. The lowest BCUT2D eigenvalue weighted by molar-refractivity contribution is 0.488. The van der Waals surface area contributed by atoms with Crippen LogP contribution in [-0.4, -0.2) is 9.97 Å². The molecule has 0 fully saturated rings. The number of nitrogens with one attached hydrogen (secondary N) is 1. The maximum Gasteiger partial charge on any atom is 0.0782 e. The van der Waals surface area contributed by atoms with Crippen LogP contribution >= 0.6 is 11.3 Å². The van der Waals surface area contributed by atoms with Crippen molar-refractivity contribution in [3.05, 3.63) is 46.2 Å². The molecule has 2 aromatic heterocycles. The first-order valence-electron chi connectivity index (χ1n) is 5.75. The quantitative estimate of drug-likeness (QED) is 0.901. The number of aromatic nitrogens is 2. The molecule has 0 aliphatic heterocycles. The van der Waals surface area contributed by atoms with Gasteiger partial charge in [-0.25, -0.2) is 0 Å². The summed E-state index contributed by atoms with van der Waals surface area (Å²) in [6, 6.07) is 4.78. The maximum atomic E-state index is 4.39. The normalized spacial score (nSPS) is 14.5. The van der Waals surface area contributed by atoms with Crippen LogP contribution in [0.25, 0.3) is 0 Å². The van der Waals surface area contributed by atoms with Crippen LogP contribution in [-0.2, 0) is 0 Å². The Labute approximate surface area is 106 Å². The Morgan fingerprint density at radius 1 is 1.18 bits per heavy atom. The number of hydrogen-bond acceptors (Lipinski definition) is 4. The van der Waals surface area contributed by atoms with Gasteiger partial charge in [-0.3, -0.25) is 9.97 Å². The van der Waals surface area contributed by atoms with Gasteiger partial charge in [-0.1, -0.05) is 6.07 Å². The van der Waals surface area contributed by atoms with E-state index < -0.39 is 0 Å². The Bertz CT molecular complexity index is 467. The third kappa shape index (κ3) is 2.90. The van der Waals surface area contributed by atoms with E-state index in [-0.39, 0.29) is 6.04 Å². The third-order valence-electron chi connectivity index (χ3n) is 2.80. The fourth-order valence-electron chi connectivity index (χ4n) is 1.92. The maximum absolute atomic E-state index is 4.39. The van der Waals surface area contributed by atoms with Crippen molar-refractivity contribution in [3.63, 3.8) is 0 Å². The summed E-state index contributed by atoms with van der Waals surface area (Å²) in [5.41, 5.74) is 2.02. The number of thiophene rings is 1. The highest BCUT2D eigenvalue weighted by atomic mass is 32.1. The molecule has 90 valence electrons. The van der Waals surface area contributed by atoms with Crippen LogP contribution in [0.1, 0.15) is 42.2 Å². The standard InChI is InChI=1S/C13H17N3S/c1-9(12-5-4-8-17-12)16-11(3)13-10(2)14-6-7-15-13/h4-9,11,16H,1-3H3/t9-,11?/m1/s1. The molecule has 0 amide bonds. The third-order valence-corrected chi connectivity index (χ3v) is 3.85. The molecule has 0 aromatic carbocycles. The van der Waals surface area contributed by atoms with Crippen molar-refractivity contribution < 1.29 is 0 Å². The minimum absolute atomic E-state index is 0.209. The van der Waals surface area contributed by atoms with Gasteiger partial charge in [0.25, 0.3) is 0 Å². The Morgan fingerprint density at radius 3 is 2.59 bits per heavy atom. The first kappa shape index (κ1) is 12.2. The van der Waals surface area contributed by atoms with E-state index in [0.717, 1.165) is 11.4 Å². The lowest BCUT2D eigenvalue weighted by Crippen LogP contribution is -2.23. The minimum Gasteiger partial charge on any atom is -0.301 e.